The van der Waals surface area contributed by atoms with E-state index < -0.39 is 11.4 Å². The molecule has 0 radical (unpaired) electrons. The standard InChI is InChI=1S/C21H29FN8O4/c1-33-11-15(32)30-4-2-3-21(12-30,13-31)28-18-16(22)17(14-9-24-19(23)25-10-14)26-20(27-18)29-5-7-34-8-6-29/h9-10,31H,2-8,11-13H2,1H3,(H2,23,24,25)(H,26,27,28)/t21-/m1/s1. The van der Waals surface area contributed by atoms with Gasteiger partial charge in [0, 0.05) is 51.2 Å². The average molecular weight is 477 g/mol. The number of nitrogens with one attached hydrogen (secondary N) is 1. The summed E-state index contributed by atoms with van der Waals surface area (Å²) >= 11 is 0. The molecule has 184 valence electrons. The Morgan fingerprint density at radius 3 is 2.71 bits per heavy atom. The van der Waals surface area contributed by atoms with Gasteiger partial charge in [0.15, 0.2) is 11.6 Å². The van der Waals surface area contributed by atoms with Gasteiger partial charge in [0.1, 0.15) is 12.3 Å². The van der Waals surface area contributed by atoms with E-state index in [2.05, 4.69) is 25.3 Å². The molecule has 34 heavy (non-hydrogen) atoms. The molecule has 2 saturated heterocycles. The van der Waals surface area contributed by atoms with Crippen molar-refractivity contribution in [2.45, 2.75) is 18.4 Å². The van der Waals surface area contributed by atoms with Crippen LogP contribution in [0.1, 0.15) is 12.8 Å². The van der Waals surface area contributed by atoms with E-state index >= 15 is 4.39 Å². The Morgan fingerprint density at radius 1 is 1.29 bits per heavy atom. The lowest BCUT2D eigenvalue weighted by molar-refractivity contribution is -0.137. The summed E-state index contributed by atoms with van der Waals surface area (Å²) in [5, 5.41) is 13.4. The molecular weight excluding hydrogens is 447 g/mol. The summed E-state index contributed by atoms with van der Waals surface area (Å²) in [5.74, 6) is -0.599. The molecule has 2 aromatic rings. The van der Waals surface area contributed by atoms with Crippen molar-refractivity contribution in [1.82, 2.24) is 24.8 Å². The number of likely N-dealkylation sites (tertiary alicyclic amines) is 1. The van der Waals surface area contributed by atoms with E-state index in [1.54, 1.807) is 4.90 Å². The molecule has 2 aromatic heterocycles. The van der Waals surface area contributed by atoms with E-state index in [4.69, 9.17) is 15.2 Å². The molecule has 13 heteroatoms. The van der Waals surface area contributed by atoms with Crippen LogP contribution in [0.4, 0.5) is 22.1 Å². The SMILES string of the molecule is COCC(=O)N1CCC[C@@](CO)(Nc2nc(N3CCOCC3)nc(-c3cnc(N)nc3)c2F)C1. The lowest BCUT2D eigenvalue weighted by Gasteiger charge is -2.42. The third kappa shape index (κ3) is 5.16. The van der Waals surface area contributed by atoms with Crippen molar-refractivity contribution in [2.75, 3.05) is 75.7 Å². The molecule has 0 aromatic carbocycles. The number of halogens is 1. The Labute approximate surface area is 196 Å². The molecule has 0 bridgehead atoms. The highest BCUT2D eigenvalue weighted by Crippen LogP contribution is 2.31. The maximum atomic E-state index is 15.7. The van der Waals surface area contributed by atoms with E-state index in [1.807, 2.05) is 4.90 Å². The summed E-state index contributed by atoms with van der Waals surface area (Å²) in [6.45, 7) is 2.43. The topological polar surface area (TPSA) is 152 Å². The number of methoxy groups -OCH3 is 1. The van der Waals surface area contributed by atoms with Gasteiger partial charge < -0.3 is 35.4 Å². The van der Waals surface area contributed by atoms with Gasteiger partial charge in [-0.15, -0.1) is 0 Å². The van der Waals surface area contributed by atoms with Gasteiger partial charge >= 0.3 is 0 Å². The monoisotopic (exact) mass is 476 g/mol. The van der Waals surface area contributed by atoms with Crippen LogP contribution in [0.25, 0.3) is 11.3 Å². The van der Waals surface area contributed by atoms with E-state index in [0.29, 0.717) is 57.2 Å². The van der Waals surface area contributed by atoms with Crippen molar-refractivity contribution in [3.63, 3.8) is 0 Å². The molecule has 2 aliphatic rings. The minimum atomic E-state index is -0.978. The molecule has 12 nitrogen and oxygen atoms in total. The fourth-order valence-electron chi connectivity index (χ4n) is 4.16. The number of amides is 1. The summed E-state index contributed by atoms with van der Waals surface area (Å²) in [6.07, 6.45) is 3.95. The fraction of sp³-hybridized carbons (Fsp3) is 0.571. The van der Waals surface area contributed by atoms with Crippen LogP contribution in [-0.4, -0.2) is 101 Å². The van der Waals surface area contributed by atoms with Crippen LogP contribution >= 0.6 is 0 Å². The number of carbonyl (C=O) groups excluding carboxylic acids is 1. The number of rotatable bonds is 7. The van der Waals surface area contributed by atoms with Crippen molar-refractivity contribution >= 4 is 23.6 Å². The molecule has 4 heterocycles. The molecule has 2 aliphatic heterocycles. The summed E-state index contributed by atoms with van der Waals surface area (Å²) in [4.78, 5) is 32.7. The summed E-state index contributed by atoms with van der Waals surface area (Å²) in [7, 11) is 1.45. The molecule has 1 atom stereocenters. The molecule has 0 unspecified atom stereocenters. The van der Waals surface area contributed by atoms with E-state index in [-0.39, 0.29) is 43.1 Å². The lowest BCUT2D eigenvalue weighted by atomic mass is 9.89. The third-order valence-corrected chi connectivity index (χ3v) is 5.96. The van der Waals surface area contributed by atoms with Crippen molar-refractivity contribution in [3.05, 3.63) is 18.2 Å². The highest BCUT2D eigenvalue weighted by atomic mass is 19.1. The average Bonchev–Trinajstić information content (AvgIpc) is 2.87. The van der Waals surface area contributed by atoms with Crippen LogP contribution in [0, 0.1) is 5.82 Å². The highest BCUT2D eigenvalue weighted by Gasteiger charge is 2.38. The predicted octanol–water partition coefficient (Wildman–Crippen LogP) is -0.0967. The van der Waals surface area contributed by atoms with Gasteiger partial charge in [0.2, 0.25) is 17.8 Å². The largest absolute Gasteiger partial charge is 0.394 e. The predicted molar refractivity (Wildman–Crippen MR) is 122 cm³/mol. The third-order valence-electron chi connectivity index (χ3n) is 5.96. The highest BCUT2D eigenvalue weighted by molar-refractivity contribution is 5.77. The zero-order chi connectivity index (χ0) is 24.1. The summed E-state index contributed by atoms with van der Waals surface area (Å²) < 4.78 is 26.1. The number of hydrogen-bond donors (Lipinski definition) is 3. The molecule has 2 fully saturated rings. The van der Waals surface area contributed by atoms with Crippen LogP contribution in [0.2, 0.25) is 0 Å². The number of nitrogens with two attached hydrogens (primary N) is 1. The van der Waals surface area contributed by atoms with Gasteiger partial charge in [-0.2, -0.15) is 4.98 Å². The number of aliphatic hydroxyl groups excluding tert-OH is 1. The number of ether oxygens (including phenoxy) is 2. The van der Waals surface area contributed by atoms with Gasteiger partial charge in [-0.1, -0.05) is 0 Å². The molecule has 0 spiro atoms. The minimum absolute atomic E-state index is 0.00945. The van der Waals surface area contributed by atoms with Crippen molar-refractivity contribution in [2.24, 2.45) is 0 Å². The molecule has 1 amide bonds. The van der Waals surface area contributed by atoms with Crippen LogP contribution in [0.15, 0.2) is 12.4 Å². The van der Waals surface area contributed by atoms with Crippen LogP contribution in [0.5, 0.6) is 0 Å². The smallest absolute Gasteiger partial charge is 0.248 e. The Hall–Kier alpha value is -3.16. The number of aromatic nitrogens is 4. The van der Waals surface area contributed by atoms with Crippen LogP contribution in [-0.2, 0) is 14.3 Å². The number of aliphatic hydroxyl groups is 1. The second kappa shape index (κ2) is 10.4. The molecule has 4 rings (SSSR count). The summed E-state index contributed by atoms with van der Waals surface area (Å²) in [5.41, 5.74) is 4.95. The Kier molecular flexibility index (Phi) is 7.34. The maximum Gasteiger partial charge on any atom is 0.248 e. The number of piperidine rings is 1. The first-order chi connectivity index (χ1) is 16.4. The second-order valence-electron chi connectivity index (χ2n) is 8.38. The van der Waals surface area contributed by atoms with Gasteiger partial charge in [0.05, 0.1) is 25.4 Å². The lowest BCUT2D eigenvalue weighted by Crippen LogP contribution is -2.57. The fourth-order valence-corrected chi connectivity index (χ4v) is 4.16. The van der Waals surface area contributed by atoms with Crippen LogP contribution in [0.3, 0.4) is 0 Å². The number of carbonyl (C=O) groups is 1. The number of nitrogen functional groups attached to an aromatic ring is 1. The maximum absolute atomic E-state index is 15.7. The number of morpholine rings is 1. The zero-order valence-electron chi connectivity index (χ0n) is 19.0. The van der Waals surface area contributed by atoms with Crippen molar-refractivity contribution in [1.29, 1.82) is 0 Å². The summed E-state index contributed by atoms with van der Waals surface area (Å²) in [6, 6.07) is 0. The van der Waals surface area contributed by atoms with E-state index in [9.17, 15) is 9.90 Å². The zero-order valence-corrected chi connectivity index (χ0v) is 19.0. The first-order valence-corrected chi connectivity index (χ1v) is 11.1. The Balaban J connectivity index is 1.71. The first-order valence-electron chi connectivity index (χ1n) is 11.1. The minimum Gasteiger partial charge on any atom is -0.394 e. The first kappa shape index (κ1) is 24.0. The van der Waals surface area contributed by atoms with Crippen LogP contribution < -0.4 is 16.0 Å². The van der Waals surface area contributed by atoms with E-state index in [0.717, 1.165) is 0 Å². The second-order valence-corrected chi connectivity index (χ2v) is 8.38. The van der Waals surface area contributed by atoms with E-state index in [1.165, 1.54) is 19.5 Å². The number of anilines is 3. The Bertz CT molecular complexity index is 1010. The number of hydrogen-bond acceptors (Lipinski definition) is 11. The normalized spacial score (nSPS) is 20.9. The molecule has 0 aliphatic carbocycles. The quantitative estimate of drug-likeness (QED) is 0.491. The number of nitrogens with zero attached hydrogens (tertiary/aromatic N) is 6. The van der Waals surface area contributed by atoms with Gasteiger partial charge in [0.25, 0.3) is 0 Å². The van der Waals surface area contributed by atoms with Gasteiger partial charge in [-0.25, -0.2) is 19.3 Å². The van der Waals surface area contributed by atoms with Crippen molar-refractivity contribution < 1.29 is 23.8 Å². The van der Waals surface area contributed by atoms with Gasteiger partial charge in [-0.05, 0) is 12.8 Å². The van der Waals surface area contributed by atoms with Gasteiger partial charge in [-0.3, -0.25) is 4.79 Å². The Morgan fingerprint density at radius 2 is 2.03 bits per heavy atom. The molecule has 0 saturated carbocycles. The molecule has 4 N–H and O–H groups in total. The molecular formula is C21H29FN8O4. The van der Waals surface area contributed by atoms with Crippen molar-refractivity contribution in [3.8, 4) is 11.3 Å².